The fraction of sp³-hybridized carbons (Fsp3) is 0.545. The van der Waals surface area contributed by atoms with Gasteiger partial charge in [0.25, 0.3) is 5.91 Å². The maximum atomic E-state index is 11.7. The quantitative estimate of drug-likeness (QED) is 0.907. The van der Waals surface area contributed by atoms with Gasteiger partial charge in [0.2, 0.25) is 0 Å². The van der Waals surface area contributed by atoms with Crippen molar-refractivity contribution in [1.82, 2.24) is 10.2 Å². The molecule has 0 atom stereocenters. The average Bonchev–Trinajstić information content (AvgIpc) is 2.64. The van der Waals surface area contributed by atoms with Crippen molar-refractivity contribution < 1.29 is 4.79 Å². The highest BCUT2D eigenvalue weighted by molar-refractivity contribution is 9.11. The molecule has 0 saturated heterocycles. The predicted octanol–water partition coefficient (Wildman–Crippen LogP) is 2.58. The number of nitrogens with zero attached hydrogens (tertiary/aromatic N) is 1. The second kappa shape index (κ2) is 6.37. The van der Waals surface area contributed by atoms with Gasteiger partial charge in [-0.25, -0.2) is 0 Å². The Kier molecular flexibility index (Phi) is 5.44. The first-order chi connectivity index (χ1) is 7.50. The van der Waals surface area contributed by atoms with E-state index in [1.54, 1.807) is 0 Å². The Morgan fingerprint density at radius 1 is 1.56 bits per heavy atom. The number of carbonyl (C=O) groups excluding carboxylic acids is 1. The van der Waals surface area contributed by atoms with Crippen LogP contribution in [0, 0.1) is 0 Å². The van der Waals surface area contributed by atoms with E-state index in [1.807, 2.05) is 12.1 Å². The number of carbonyl (C=O) groups is 1. The lowest BCUT2D eigenvalue weighted by Crippen LogP contribution is -2.35. The monoisotopic (exact) mass is 304 g/mol. The molecule has 0 saturated carbocycles. The van der Waals surface area contributed by atoms with Crippen LogP contribution in [-0.2, 0) is 0 Å². The van der Waals surface area contributed by atoms with Crippen molar-refractivity contribution in [1.29, 1.82) is 0 Å². The Labute approximate surface area is 109 Å². The Morgan fingerprint density at radius 3 is 2.75 bits per heavy atom. The molecule has 1 N–H and O–H groups in total. The van der Waals surface area contributed by atoms with Gasteiger partial charge in [0.15, 0.2) is 0 Å². The van der Waals surface area contributed by atoms with Crippen LogP contribution in [0.4, 0.5) is 0 Å². The molecule has 1 aromatic rings. The summed E-state index contributed by atoms with van der Waals surface area (Å²) in [7, 11) is 2.05. The highest BCUT2D eigenvalue weighted by Crippen LogP contribution is 2.21. The second-order valence-electron chi connectivity index (χ2n) is 3.93. The standard InChI is InChI=1S/C11H17BrN2OS/c1-8(2)14(3)7-6-13-11(15)9-4-5-10(12)16-9/h4-5,8H,6-7H2,1-3H3,(H,13,15). The Balaban J connectivity index is 2.31. The first-order valence-electron chi connectivity index (χ1n) is 5.24. The van der Waals surface area contributed by atoms with Gasteiger partial charge in [-0.2, -0.15) is 0 Å². The fourth-order valence-electron chi connectivity index (χ4n) is 1.13. The van der Waals surface area contributed by atoms with E-state index in [-0.39, 0.29) is 5.91 Å². The zero-order valence-corrected chi connectivity index (χ0v) is 12.2. The minimum Gasteiger partial charge on any atom is -0.350 e. The summed E-state index contributed by atoms with van der Waals surface area (Å²) in [4.78, 5) is 14.6. The fourth-order valence-corrected chi connectivity index (χ4v) is 2.43. The van der Waals surface area contributed by atoms with Gasteiger partial charge in [-0.3, -0.25) is 4.79 Å². The molecule has 1 amide bonds. The highest BCUT2D eigenvalue weighted by atomic mass is 79.9. The third-order valence-electron chi connectivity index (χ3n) is 2.43. The van der Waals surface area contributed by atoms with Crippen molar-refractivity contribution in [3.05, 3.63) is 20.8 Å². The number of halogens is 1. The van der Waals surface area contributed by atoms with Gasteiger partial charge in [-0.05, 0) is 49.0 Å². The number of hydrogen-bond acceptors (Lipinski definition) is 3. The molecule has 5 heteroatoms. The average molecular weight is 305 g/mol. The number of rotatable bonds is 5. The van der Waals surface area contributed by atoms with Crippen molar-refractivity contribution in [2.45, 2.75) is 19.9 Å². The Morgan fingerprint density at radius 2 is 2.25 bits per heavy atom. The van der Waals surface area contributed by atoms with Crippen LogP contribution in [0.25, 0.3) is 0 Å². The van der Waals surface area contributed by atoms with E-state index >= 15 is 0 Å². The van der Waals surface area contributed by atoms with Gasteiger partial charge in [-0.1, -0.05) is 0 Å². The first kappa shape index (κ1) is 13.7. The molecule has 0 unspecified atom stereocenters. The second-order valence-corrected chi connectivity index (χ2v) is 6.40. The first-order valence-corrected chi connectivity index (χ1v) is 6.85. The van der Waals surface area contributed by atoms with E-state index < -0.39 is 0 Å². The Bertz CT molecular complexity index is 352. The lowest BCUT2D eigenvalue weighted by atomic mass is 10.3. The molecule has 0 radical (unpaired) electrons. The molecule has 0 bridgehead atoms. The van der Waals surface area contributed by atoms with Crippen molar-refractivity contribution in [2.24, 2.45) is 0 Å². The van der Waals surface area contributed by atoms with Gasteiger partial charge in [0, 0.05) is 19.1 Å². The molecule has 90 valence electrons. The van der Waals surface area contributed by atoms with Crippen LogP contribution in [0.3, 0.4) is 0 Å². The highest BCUT2D eigenvalue weighted by Gasteiger charge is 2.08. The van der Waals surface area contributed by atoms with Crippen LogP contribution < -0.4 is 5.32 Å². The molecule has 1 aromatic heterocycles. The third kappa shape index (κ3) is 4.23. The number of likely N-dealkylation sites (N-methyl/N-ethyl adjacent to an activating group) is 1. The largest absolute Gasteiger partial charge is 0.350 e. The summed E-state index contributed by atoms with van der Waals surface area (Å²) in [5, 5.41) is 2.91. The van der Waals surface area contributed by atoms with Crippen molar-refractivity contribution in [2.75, 3.05) is 20.1 Å². The van der Waals surface area contributed by atoms with Crippen LogP contribution in [0.5, 0.6) is 0 Å². The minimum absolute atomic E-state index is 0.00727. The Hall–Kier alpha value is -0.390. The van der Waals surface area contributed by atoms with Gasteiger partial charge >= 0.3 is 0 Å². The van der Waals surface area contributed by atoms with Crippen molar-refractivity contribution >= 4 is 33.2 Å². The summed E-state index contributed by atoms with van der Waals surface area (Å²) in [6.07, 6.45) is 0. The third-order valence-corrected chi connectivity index (χ3v) is 4.05. The van der Waals surface area contributed by atoms with Crippen molar-refractivity contribution in [3.8, 4) is 0 Å². The van der Waals surface area contributed by atoms with Crippen LogP contribution in [0.15, 0.2) is 15.9 Å². The summed E-state index contributed by atoms with van der Waals surface area (Å²) < 4.78 is 0.983. The number of hydrogen-bond donors (Lipinski definition) is 1. The van der Waals surface area contributed by atoms with Gasteiger partial charge in [0.1, 0.15) is 0 Å². The molecule has 16 heavy (non-hydrogen) atoms. The smallest absolute Gasteiger partial charge is 0.261 e. The molecule has 1 rings (SSSR count). The molecule has 0 aromatic carbocycles. The van der Waals surface area contributed by atoms with E-state index in [0.29, 0.717) is 12.6 Å². The maximum absolute atomic E-state index is 11.7. The van der Waals surface area contributed by atoms with Crippen LogP contribution >= 0.6 is 27.3 Å². The van der Waals surface area contributed by atoms with E-state index in [1.165, 1.54) is 11.3 Å². The molecule has 3 nitrogen and oxygen atoms in total. The lowest BCUT2D eigenvalue weighted by Gasteiger charge is -2.20. The molecule has 0 spiro atoms. The normalized spacial score (nSPS) is 11.1. The summed E-state index contributed by atoms with van der Waals surface area (Å²) in [6.45, 7) is 5.83. The minimum atomic E-state index is 0.00727. The van der Waals surface area contributed by atoms with E-state index in [2.05, 4.69) is 47.0 Å². The SMILES string of the molecule is CC(C)N(C)CCNC(=O)c1ccc(Br)s1. The number of amides is 1. The van der Waals surface area contributed by atoms with E-state index in [4.69, 9.17) is 0 Å². The molecular weight excluding hydrogens is 288 g/mol. The molecule has 0 fully saturated rings. The van der Waals surface area contributed by atoms with Crippen LogP contribution in [0.1, 0.15) is 23.5 Å². The summed E-state index contributed by atoms with van der Waals surface area (Å²) in [5.74, 6) is 0.00727. The van der Waals surface area contributed by atoms with E-state index in [0.717, 1.165) is 15.2 Å². The van der Waals surface area contributed by atoms with Crippen LogP contribution in [0.2, 0.25) is 0 Å². The molecule has 1 heterocycles. The number of thiophene rings is 1. The van der Waals surface area contributed by atoms with Gasteiger partial charge < -0.3 is 10.2 Å². The van der Waals surface area contributed by atoms with Crippen molar-refractivity contribution in [3.63, 3.8) is 0 Å². The zero-order valence-electron chi connectivity index (χ0n) is 9.79. The van der Waals surface area contributed by atoms with Gasteiger partial charge in [0.05, 0.1) is 8.66 Å². The van der Waals surface area contributed by atoms with E-state index in [9.17, 15) is 4.79 Å². The maximum Gasteiger partial charge on any atom is 0.261 e. The summed E-state index contributed by atoms with van der Waals surface area (Å²) in [5.41, 5.74) is 0. The molecule has 0 aliphatic heterocycles. The van der Waals surface area contributed by atoms with Gasteiger partial charge in [-0.15, -0.1) is 11.3 Å². The molecule has 0 aliphatic rings. The molecule has 0 aliphatic carbocycles. The van der Waals surface area contributed by atoms with Crippen LogP contribution in [-0.4, -0.2) is 37.0 Å². The zero-order chi connectivity index (χ0) is 12.1. The lowest BCUT2D eigenvalue weighted by molar-refractivity contribution is 0.0952. The summed E-state index contributed by atoms with van der Waals surface area (Å²) >= 11 is 4.79. The summed E-state index contributed by atoms with van der Waals surface area (Å²) in [6, 6.07) is 4.23. The topological polar surface area (TPSA) is 32.3 Å². The number of nitrogens with one attached hydrogen (secondary N) is 1. The predicted molar refractivity (Wildman–Crippen MR) is 72.1 cm³/mol. The molecular formula is C11H17BrN2OS.